The van der Waals surface area contributed by atoms with Crippen molar-refractivity contribution in [3.8, 4) is 0 Å². The predicted octanol–water partition coefficient (Wildman–Crippen LogP) is 4.97. The molecule has 0 aliphatic carbocycles. The molecule has 2 nitrogen and oxygen atoms in total. The summed E-state index contributed by atoms with van der Waals surface area (Å²) in [5, 5.41) is 3.47. The van der Waals surface area contributed by atoms with E-state index in [9.17, 15) is 0 Å². The first kappa shape index (κ1) is 15.6. The van der Waals surface area contributed by atoms with Gasteiger partial charge in [-0.15, -0.1) is 11.3 Å². The molecule has 0 saturated heterocycles. The van der Waals surface area contributed by atoms with Crippen LogP contribution in [-0.4, -0.2) is 14.1 Å². The number of benzene rings is 1. The average Bonchev–Trinajstić information content (AvgIpc) is 2.75. The van der Waals surface area contributed by atoms with Crippen molar-refractivity contribution in [1.82, 2.24) is 5.32 Å². The van der Waals surface area contributed by atoms with Gasteiger partial charge in [-0.25, -0.2) is 0 Å². The molecule has 0 bridgehead atoms. The first-order valence-electron chi connectivity index (χ1n) is 6.41. The molecule has 0 aliphatic heterocycles. The van der Waals surface area contributed by atoms with Crippen LogP contribution >= 0.6 is 34.5 Å². The molecule has 1 heterocycles. The van der Waals surface area contributed by atoms with Crippen LogP contribution in [0.3, 0.4) is 0 Å². The van der Waals surface area contributed by atoms with E-state index < -0.39 is 0 Å². The van der Waals surface area contributed by atoms with Crippen molar-refractivity contribution in [3.63, 3.8) is 0 Å². The molecule has 0 spiro atoms. The van der Waals surface area contributed by atoms with Crippen molar-refractivity contribution in [2.75, 3.05) is 19.0 Å². The molecule has 1 unspecified atom stereocenters. The molecule has 20 heavy (non-hydrogen) atoms. The molecule has 0 aliphatic rings. The Kier molecular flexibility index (Phi) is 5.33. The van der Waals surface area contributed by atoms with Gasteiger partial charge in [-0.2, -0.15) is 0 Å². The van der Waals surface area contributed by atoms with Crippen molar-refractivity contribution >= 4 is 40.2 Å². The van der Waals surface area contributed by atoms with Gasteiger partial charge in [-0.1, -0.05) is 35.3 Å². The second-order valence-electron chi connectivity index (χ2n) is 4.94. The second kappa shape index (κ2) is 6.81. The van der Waals surface area contributed by atoms with Gasteiger partial charge in [-0.05, 0) is 36.2 Å². The van der Waals surface area contributed by atoms with Crippen LogP contribution in [0.15, 0.2) is 30.3 Å². The monoisotopic (exact) mass is 328 g/mol. The van der Waals surface area contributed by atoms with E-state index in [2.05, 4.69) is 41.4 Å². The lowest BCUT2D eigenvalue weighted by Crippen LogP contribution is -2.18. The summed E-state index contributed by atoms with van der Waals surface area (Å²) in [6.45, 7) is 2.90. The quantitative estimate of drug-likeness (QED) is 0.833. The highest BCUT2D eigenvalue weighted by atomic mass is 35.5. The van der Waals surface area contributed by atoms with Gasteiger partial charge in [0.15, 0.2) is 0 Å². The number of anilines is 1. The van der Waals surface area contributed by atoms with Gasteiger partial charge >= 0.3 is 0 Å². The minimum atomic E-state index is 0.180. The lowest BCUT2D eigenvalue weighted by molar-refractivity contribution is 0.576. The van der Waals surface area contributed by atoms with Crippen molar-refractivity contribution in [2.24, 2.45) is 0 Å². The van der Waals surface area contributed by atoms with Crippen LogP contribution in [0.25, 0.3) is 0 Å². The second-order valence-corrected chi connectivity index (χ2v) is 7.23. The summed E-state index contributed by atoms with van der Waals surface area (Å²) in [5.74, 6) is 0. The fraction of sp³-hybridized carbons (Fsp3) is 0.333. The normalized spacial score (nSPS) is 12.4. The van der Waals surface area contributed by atoms with Gasteiger partial charge in [0.05, 0.1) is 8.67 Å². The minimum Gasteiger partial charge on any atom is -0.378 e. The molecular weight excluding hydrogens is 311 g/mol. The van der Waals surface area contributed by atoms with Crippen LogP contribution in [0.2, 0.25) is 8.67 Å². The van der Waals surface area contributed by atoms with E-state index in [1.54, 1.807) is 0 Å². The number of hydrogen-bond acceptors (Lipinski definition) is 3. The molecule has 0 radical (unpaired) electrons. The van der Waals surface area contributed by atoms with Crippen molar-refractivity contribution in [2.45, 2.75) is 19.5 Å². The summed E-state index contributed by atoms with van der Waals surface area (Å²) in [6.07, 6.45) is 0. The fourth-order valence-electron chi connectivity index (χ4n) is 1.94. The van der Waals surface area contributed by atoms with E-state index in [1.165, 1.54) is 22.6 Å². The largest absolute Gasteiger partial charge is 0.378 e. The van der Waals surface area contributed by atoms with Crippen LogP contribution in [0.4, 0.5) is 5.69 Å². The fourth-order valence-corrected chi connectivity index (χ4v) is 3.59. The number of hydrogen-bond donors (Lipinski definition) is 1. The van der Waals surface area contributed by atoms with Gasteiger partial charge in [-0.3, -0.25) is 0 Å². The molecule has 0 fully saturated rings. The number of nitrogens with zero attached hydrogens (tertiary/aromatic N) is 1. The van der Waals surface area contributed by atoms with Gasteiger partial charge in [0.2, 0.25) is 0 Å². The van der Waals surface area contributed by atoms with Gasteiger partial charge in [0.25, 0.3) is 0 Å². The minimum absolute atomic E-state index is 0.180. The Labute approximate surface area is 134 Å². The third-order valence-corrected chi connectivity index (χ3v) is 4.73. The maximum absolute atomic E-state index is 6.17. The Balaban J connectivity index is 1.96. The van der Waals surface area contributed by atoms with Gasteiger partial charge in [0.1, 0.15) is 0 Å². The van der Waals surface area contributed by atoms with Crippen LogP contribution in [0, 0.1) is 0 Å². The van der Waals surface area contributed by atoms with Crippen LogP contribution in [0.5, 0.6) is 0 Å². The molecule has 2 aromatic rings. The number of halogens is 2. The lowest BCUT2D eigenvalue weighted by Gasteiger charge is -2.15. The first-order chi connectivity index (χ1) is 9.47. The Morgan fingerprint density at radius 3 is 2.35 bits per heavy atom. The zero-order valence-corrected chi connectivity index (χ0v) is 14.1. The number of nitrogens with one attached hydrogen (secondary N) is 1. The third kappa shape index (κ3) is 3.89. The molecule has 2 rings (SSSR count). The Morgan fingerprint density at radius 2 is 1.85 bits per heavy atom. The Hall–Kier alpha value is -0.740. The standard InChI is InChI=1S/C15H18Cl2N2S/c1-10(13-8-14(16)20-15(13)17)18-9-11-4-6-12(7-5-11)19(2)3/h4-8,10,18H,9H2,1-3H3. The molecule has 0 amide bonds. The molecule has 0 saturated carbocycles. The van der Waals surface area contributed by atoms with Crippen LogP contribution in [-0.2, 0) is 6.54 Å². The van der Waals surface area contributed by atoms with E-state index >= 15 is 0 Å². The first-order valence-corrected chi connectivity index (χ1v) is 7.99. The molecule has 108 valence electrons. The van der Waals surface area contributed by atoms with Crippen molar-refractivity contribution in [3.05, 3.63) is 50.1 Å². The molecule has 1 N–H and O–H groups in total. The zero-order chi connectivity index (χ0) is 14.7. The summed E-state index contributed by atoms with van der Waals surface area (Å²) >= 11 is 13.6. The van der Waals surface area contributed by atoms with Crippen LogP contribution < -0.4 is 10.2 Å². The highest BCUT2D eigenvalue weighted by molar-refractivity contribution is 7.20. The van der Waals surface area contributed by atoms with Crippen molar-refractivity contribution < 1.29 is 0 Å². The van der Waals surface area contributed by atoms with Gasteiger partial charge in [0, 0.05) is 32.4 Å². The smallest absolute Gasteiger partial charge is 0.0991 e. The van der Waals surface area contributed by atoms with E-state index in [1.807, 2.05) is 20.2 Å². The SMILES string of the molecule is CC(NCc1ccc(N(C)C)cc1)c1cc(Cl)sc1Cl. The number of thiophene rings is 1. The highest BCUT2D eigenvalue weighted by Gasteiger charge is 2.12. The zero-order valence-electron chi connectivity index (χ0n) is 11.8. The topological polar surface area (TPSA) is 15.3 Å². The van der Waals surface area contributed by atoms with Crippen LogP contribution in [0.1, 0.15) is 24.1 Å². The average molecular weight is 329 g/mol. The van der Waals surface area contributed by atoms with E-state index in [-0.39, 0.29) is 6.04 Å². The van der Waals surface area contributed by atoms with Crippen molar-refractivity contribution in [1.29, 1.82) is 0 Å². The molecular formula is C15H18Cl2N2S. The molecule has 5 heteroatoms. The summed E-state index contributed by atoms with van der Waals surface area (Å²) in [5.41, 5.74) is 3.51. The third-order valence-electron chi connectivity index (χ3n) is 3.21. The van der Waals surface area contributed by atoms with E-state index in [4.69, 9.17) is 23.2 Å². The highest BCUT2D eigenvalue weighted by Crippen LogP contribution is 2.34. The summed E-state index contributed by atoms with van der Waals surface area (Å²) in [7, 11) is 4.08. The van der Waals surface area contributed by atoms with E-state index in [0.29, 0.717) is 0 Å². The maximum atomic E-state index is 6.17. The molecule has 1 atom stereocenters. The van der Waals surface area contributed by atoms with E-state index in [0.717, 1.165) is 20.8 Å². The summed E-state index contributed by atoms with van der Waals surface area (Å²) < 4.78 is 1.49. The number of rotatable bonds is 5. The Bertz CT molecular complexity index is 564. The van der Waals surface area contributed by atoms with Gasteiger partial charge < -0.3 is 10.2 Å². The maximum Gasteiger partial charge on any atom is 0.0991 e. The predicted molar refractivity (Wildman–Crippen MR) is 90.4 cm³/mol. The molecule has 1 aromatic carbocycles. The lowest BCUT2D eigenvalue weighted by atomic mass is 10.1. The summed E-state index contributed by atoms with van der Waals surface area (Å²) in [4.78, 5) is 2.09. The summed E-state index contributed by atoms with van der Waals surface area (Å²) in [6, 6.07) is 10.6. The molecule has 1 aromatic heterocycles. The Morgan fingerprint density at radius 1 is 1.20 bits per heavy atom.